The zero-order valence-electron chi connectivity index (χ0n) is 16.6. The second kappa shape index (κ2) is 11.3. The number of likely N-dealkylation sites (tertiary alicyclic amines) is 1. The highest BCUT2D eigenvalue weighted by molar-refractivity contribution is 5.91. The van der Waals surface area contributed by atoms with Crippen molar-refractivity contribution >= 4 is 11.8 Å². The predicted octanol–water partition coefficient (Wildman–Crippen LogP) is 1.81. The van der Waals surface area contributed by atoms with Gasteiger partial charge in [-0.05, 0) is 43.6 Å². The van der Waals surface area contributed by atoms with E-state index in [0.29, 0.717) is 44.2 Å². The summed E-state index contributed by atoms with van der Waals surface area (Å²) in [5.41, 5.74) is 0. The van der Waals surface area contributed by atoms with Crippen LogP contribution < -0.4 is 5.32 Å². The van der Waals surface area contributed by atoms with Crippen LogP contribution in [0, 0.1) is 11.8 Å². The first-order valence-corrected chi connectivity index (χ1v) is 10.2. The van der Waals surface area contributed by atoms with Crippen molar-refractivity contribution in [2.75, 3.05) is 32.8 Å². The number of aliphatic hydroxyl groups is 1. The summed E-state index contributed by atoms with van der Waals surface area (Å²) in [4.78, 5) is 25.9. The number of nitrogens with one attached hydrogen (secondary N) is 1. The maximum absolute atomic E-state index is 12.5. The van der Waals surface area contributed by atoms with Gasteiger partial charge in [-0.15, -0.1) is 0 Å². The molecule has 2 heterocycles. The number of aliphatic hydroxyl groups excluding tert-OH is 1. The van der Waals surface area contributed by atoms with E-state index >= 15 is 0 Å². The molecule has 0 bridgehead atoms. The average molecular weight is 383 g/mol. The molecule has 2 amide bonds. The molecule has 154 valence electrons. The van der Waals surface area contributed by atoms with Gasteiger partial charge in [-0.25, -0.2) is 0 Å². The van der Waals surface area contributed by atoms with Crippen molar-refractivity contribution in [3.63, 3.8) is 0 Å². The molecule has 0 aliphatic carbocycles. The number of carbonyl (C=O) groups is 2. The quantitative estimate of drug-likeness (QED) is 0.532. The van der Waals surface area contributed by atoms with E-state index in [2.05, 4.69) is 19.2 Å². The molecule has 1 saturated heterocycles. The number of unbranched alkanes of at least 4 members (excludes halogenated alkanes) is 1. The van der Waals surface area contributed by atoms with E-state index in [4.69, 9.17) is 14.6 Å². The van der Waals surface area contributed by atoms with Crippen LogP contribution in [0.4, 0.5) is 0 Å². The van der Waals surface area contributed by atoms with Crippen molar-refractivity contribution in [1.29, 1.82) is 0 Å². The van der Waals surface area contributed by atoms with Crippen LogP contribution in [-0.2, 0) is 19.1 Å². The normalized spacial score (nSPS) is 22.7. The summed E-state index contributed by atoms with van der Waals surface area (Å²) in [6.45, 7) is 6.93. The number of amides is 2. The summed E-state index contributed by atoms with van der Waals surface area (Å²) in [5.74, 6) is 0.924. The topological polar surface area (TPSA) is 88.1 Å². The monoisotopic (exact) mass is 382 g/mol. The Morgan fingerprint density at radius 1 is 1.41 bits per heavy atom. The Hall–Kier alpha value is -1.60. The molecule has 2 rings (SSSR count). The van der Waals surface area contributed by atoms with Crippen molar-refractivity contribution in [3.8, 4) is 0 Å². The molecule has 0 aromatic carbocycles. The highest BCUT2D eigenvalue weighted by Gasteiger charge is 2.29. The number of hydrogen-bond donors (Lipinski definition) is 2. The first kappa shape index (κ1) is 21.7. The highest BCUT2D eigenvalue weighted by atomic mass is 16.7. The molecule has 7 nitrogen and oxygen atoms in total. The van der Waals surface area contributed by atoms with Gasteiger partial charge in [0.2, 0.25) is 12.2 Å². The number of carbonyl (C=O) groups excluding carboxylic acids is 2. The lowest BCUT2D eigenvalue weighted by atomic mass is 9.90. The van der Waals surface area contributed by atoms with E-state index in [0.717, 1.165) is 32.2 Å². The molecule has 0 radical (unpaired) electrons. The van der Waals surface area contributed by atoms with Crippen molar-refractivity contribution in [1.82, 2.24) is 10.2 Å². The molecule has 0 spiro atoms. The summed E-state index contributed by atoms with van der Waals surface area (Å²) in [6, 6.07) is 0. The fraction of sp³-hybridized carbons (Fsp3) is 0.800. The minimum absolute atomic E-state index is 0.153. The maximum Gasteiger partial charge on any atom is 0.286 e. The molecular weight excluding hydrogens is 348 g/mol. The maximum atomic E-state index is 12.5. The van der Waals surface area contributed by atoms with Crippen LogP contribution in [0.15, 0.2) is 11.8 Å². The van der Waals surface area contributed by atoms with Crippen LogP contribution in [0.25, 0.3) is 0 Å². The molecule has 1 fully saturated rings. The van der Waals surface area contributed by atoms with Gasteiger partial charge in [-0.2, -0.15) is 0 Å². The van der Waals surface area contributed by atoms with E-state index in [1.54, 1.807) is 0 Å². The van der Waals surface area contributed by atoms with Gasteiger partial charge < -0.3 is 24.8 Å². The Morgan fingerprint density at radius 3 is 2.89 bits per heavy atom. The van der Waals surface area contributed by atoms with Gasteiger partial charge in [0.05, 0.1) is 6.61 Å². The Bertz CT molecular complexity index is 521. The number of rotatable bonds is 11. The lowest BCUT2D eigenvalue weighted by Gasteiger charge is -2.31. The summed E-state index contributed by atoms with van der Waals surface area (Å²) >= 11 is 0. The van der Waals surface area contributed by atoms with Gasteiger partial charge in [0.15, 0.2) is 5.76 Å². The molecule has 2 aliphatic rings. The third-order valence-electron chi connectivity index (χ3n) is 5.09. The largest absolute Gasteiger partial charge is 0.459 e. The third kappa shape index (κ3) is 7.14. The van der Waals surface area contributed by atoms with Crippen LogP contribution in [0.2, 0.25) is 0 Å². The van der Waals surface area contributed by atoms with Crippen LogP contribution in [0.3, 0.4) is 0 Å². The molecule has 7 heteroatoms. The molecule has 0 aromatic heterocycles. The molecule has 2 aliphatic heterocycles. The smallest absolute Gasteiger partial charge is 0.286 e. The van der Waals surface area contributed by atoms with Gasteiger partial charge >= 0.3 is 0 Å². The fourth-order valence-electron chi connectivity index (χ4n) is 3.34. The van der Waals surface area contributed by atoms with Crippen LogP contribution in [0.1, 0.15) is 52.4 Å². The Morgan fingerprint density at radius 2 is 2.22 bits per heavy atom. The third-order valence-corrected chi connectivity index (χ3v) is 5.09. The molecule has 2 N–H and O–H groups in total. The van der Waals surface area contributed by atoms with Gasteiger partial charge in [0.25, 0.3) is 5.91 Å². The molecule has 0 unspecified atom stereocenters. The molecule has 27 heavy (non-hydrogen) atoms. The highest BCUT2D eigenvalue weighted by Crippen LogP contribution is 2.28. The van der Waals surface area contributed by atoms with E-state index in [1.807, 2.05) is 11.0 Å². The minimum atomic E-state index is -0.427. The Balaban J connectivity index is 1.78. The first-order chi connectivity index (χ1) is 13.0. The van der Waals surface area contributed by atoms with E-state index in [9.17, 15) is 9.59 Å². The molecule has 0 aromatic rings. The van der Waals surface area contributed by atoms with Crippen molar-refractivity contribution in [3.05, 3.63) is 11.8 Å². The Kier molecular flexibility index (Phi) is 9.07. The van der Waals surface area contributed by atoms with Gasteiger partial charge in [-0.3, -0.25) is 9.59 Å². The second-order valence-electron chi connectivity index (χ2n) is 7.62. The average Bonchev–Trinajstić information content (AvgIpc) is 3.06. The second-order valence-corrected chi connectivity index (χ2v) is 7.62. The van der Waals surface area contributed by atoms with E-state index in [-0.39, 0.29) is 24.3 Å². The summed E-state index contributed by atoms with van der Waals surface area (Å²) in [5, 5.41) is 11.7. The molecule has 2 atom stereocenters. The van der Waals surface area contributed by atoms with Crippen molar-refractivity contribution < 1.29 is 24.2 Å². The number of allylic oxidation sites excluding steroid dienone is 1. The molecular formula is C20H34N2O5. The van der Waals surface area contributed by atoms with Crippen molar-refractivity contribution in [2.24, 2.45) is 11.8 Å². The van der Waals surface area contributed by atoms with Crippen molar-refractivity contribution in [2.45, 2.75) is 58.7 Å². The first-order valence-electron chi connectivity index (χ1n) is 10.2. The Labute approximate surface area is 162 Å². The summed E-state index contributed by atoms with van der Waals surface area (Å²) < 4.78 is 11.5. The minimum Gasteiger partial charge on any atom is -0.459 e. The predicted molar refractivity (Wildman–Crippen MR) is 102 cm³/mol. The van der Waals surface area contributed by atoms with Gasteiger partial charge in [0, 0.05) is 39.1 Å². The zero-order chi connectivity index (χ0) is 19.6. The van der Waals surface area contributed by atoms with Gasteiger partial charge in [-0.1, -0.05) is 13.8 Å². The lowest BCUT2D eigenvalue weighted by molar-refractivity contribution is -0.150. The standard InChI is InChI=1S/C20H34N2O5/c1-15(2)16-13-17(27-19(14-16)26-12-4-3-11-23)20(25)21-8-6-10-22-9-5-7-18(22)24/h13,15-16,19,23H,3-12,14H2,1-2H3,(H,21,25)/t16-,19+/m1/s1. The molecule has 0 saturated carbocycles. The zero-order valence-corrected chi connectivity index (χ0v) is 16.6. The summed E-state index contributed by atoms with van der Waals surface area (Å²) in [6.07, 6.45) is 5.98. The van der Waals surface area contributed by atoms with Crippen LogP contribution in [0.5, 0.6) is 0 Å². The number of hydrogen-bond acceptors (Lipinski definition) is 5. The number of nitrogens with zero attached hydrogens (tertiary/aromatic N) is 1. The SMILES string of the molecule is CC(C)[C@@H]1C=C(C(=O)NCCCN2CCCC2=O)O[C@H](OCCCCO)C1. The van der Waals surface area contributed by atoms with Gasteiger partial charge in [0.1, 0.15) is 0 Å². The fourth-order valence-corrected chi connectivity index (χ4v) is 3.34. The lowest BCUT2D eigenvalue weighted by Crippen LogP contribution is -2.36. The number of ether oxygens (including phenoxy) is 2. The van der Waals surface area contributed by atoms with E-state index < -0.39 is 6.29 Å². The van der Waals surface area contributed by atoms with Crippen LogP contribution >= 0.6 is 0 Å². The van der Waals surface area contributed by atoms with E-state index in [1.165, 1.54) is 0 Å². The van der Waals surface area contributed by atoms with Crippen LogP contribution in [-0.4, -0.2) is 61.0 Å². The summed E-state index contributed by atoms with van der Waals surface area (Å²) in [7, 11) is 0.